The van der Waals surface area contributed by atoms with Gasteiger partial charge in [-0.15, -0.1) is 0 Å². The second-order valence-electron chi connectivity index (χ2n) is 3.75. The van der Waals surface area contributed by atoms with E-state index in [2.05, 4.69) is 9.71 Å². The van der Waals surface area contributed by atoms with Crippen LogP contribution >= 0.6 is 0 Å². The minimum absolute atomic E-state index is 0.0309. The van der Waals surface area contributed by atoms with Crippen LogP contribution in [0.5, 0.6) is 0 Å². The Bertz CT molecular complexity index is 623. The summed E-state index contributed by atoms with van der Waals surface area (Å²) in [6.07, 6.45) is 2.92. The van der Waals surface area contributed by atoms with E-state index in [0.717, 1.165) is 0 Å². The van der Waals surface area contributed by atoms with Gasteiger partial charge in [-0.05, 0) is 31.2 Å². The van der Waals surface area contributed by atoms with E-state index >= 15 is 0 Å². The van der Waals surface area contributed by atoms with Crippen molar-refractivity contribution >= 4 is 15.8 Å². The van der Waals surface area contributed by atoms with Gasteiger partial charge in [0.1, 0.15) is 16.5 Å². The average molecular weight is 267 g/mol. The molecule has 0 saturated heterocycles. The number of nitrogen functional groups attached to an aromatic ring is 1. The number of furan rings is 1. The molecular weight excluding hydrogens is 254 g/mol. The van der Waals surface area contributed by atoms with E-state index in [1.165, 1.54) is 24.6 Å². The van der Waals surface area contributed by atoms with Gasteiger partial charge in [0.05, 0.1) is 12.3 Å². The molecule has 96 valence electrons. The molecule has 0 saturated carbocycles. The number of nitrogens with zero attached hydrogens (tertiary/aromatic N) is 1. The van der Waals surface area contributed by atoms with Gasteiger partial charge in [0.25, 0.3) is 0 Å². The number of rotatable bonds is 4. The van der Waals surface area contributed by atoms with Crippen LogP contribution in [0.1, 0.15) is 18.7 Å². The first kappa shape index (κ1) is 12.6. The van der Waals surface area contributed by atoms with Gasteiger partial charge in [0.15, 0.2) is 0 Å². The Morgan fingerprint density at radius 2 is 2.17 bits per heavy atom. The average Bonchev–Trinajstić information content (AvgIpc) is 2.82. The van der Waals surface area contributed by atoms with E-state index in [4.69, 9.17) is 10.2 Å². The lowest BCUT2D eigenvalue weighted by Crippen LogP contribution is -2.27. The molecule has 1 unspecified atom stereocenters. The highest BCUT2D eigenvalue weighted by molar-refractivity contribution is 7.89. The lowest BCUT2D eigenvalue weighted by molar-refractivity contribution is 0.459. The third-order valence-corrected chi connectivity index (χ3v) is 3.98. The molecule has 0 bridgehead atoms. The molecule has 18 heavy (non-hydrogen) atoms. The fourth-order valence-electron chi connectivity index (χ4n) is 1.52. The molecule has 0 spiro atoms. The van der Waals surface area contributed by atoms with E-state index in [0.29, 0.717) is 5.76 Å². The van der Waals surface area contributed by atoms with Crippen LogP contribution < -0.4 is 10.5 Å². The highest BCUT2D eigenvalue weighted by atomic mass is 32.2. The fraction of sp³-hybridized carbons (Fsp3) is 0.182. The maximum atomic E-state index is 12.1. The maximum absolute atomic E-state index is 12.1. The first-order chi connectivity index (χ1) is 8.50. The van der Waals surface area contributed by atoms with E-state index in [1.807, 2.05) is 0 Å². The van der Waals surface area contributed by atoms with Crippen LogP contribution in [-0.4, -0.2) is 13.4 Å². The van der Waals surface area contributed by atoms with Crippen molar-refractivity contribution in [2.45, 2.75) is 17.9 Å². The number of hydrogen-bond acceptors (Lipinski definition) is 5. The molecule has 0 fully saturated rings. The zero-order valence-electron chi connectivity index (χ0n) is 9.70. The van der Waals surface area contributed by atoms with E-state index < -0.39 is 16.1 Å². The molecule has 0 radical (unpaired) electrons. The van der Waals surface area contributed by atoms with Gasteiger partial charge in [-0.1, -0.05) is 0 Å². The monoisotopic (exact) mass is 267 g/mol. The largest absolute Gasteiger partial charge is 0.468 e. The van der Waals surface area contributed by atoms with Crippen molar-refractivity contribution in [1.29, 1.82) is 0 Å². The molecule has 2 aromatic heterocycles. The molecule has 0 amide bonds. The van der Waals surface area contributed by atoms with E-state index in [-0.39, 0.29) is 10.7 Å². The third-order valence-electron chi connectivity index (χ3n) is 2.39. The lowest BCUT2D eigenvalue weighted by atomic mass is 10.3. The van der Waals surface area contributed by atoms with Crippen LogP contribution in [-0.2, 0) is 10.0 Å². The second kappa shape index (κ2) is 4.79. The number of anilines is 1. The number of nitrogens with two attached hydrogens (primary N) is 1. The summed E-state index contributed by atoms with van der Waals surface area (Å²) in [5.74, 6) is 0.498. The number of nitrogens with one attached hydrogen (secondary N) is 1. The van der Waals surface area contributed by atoms with Crippen LogP contribution in [0.3, 0.4) is 0 Å². The first-order valence-corrected chi connectivity index (χ1v) is 6.75. The zero-order valence-corrected chi connectivity index (χ0v) is 10.5. The molecule has 1 atom stereocenters. The molecule has 2 aromatic rings. The highest BCUT2D eigenvalue weighted by Gasteiger charge is 2.22. The Morgan fingerprint density at radius 3 is 2.78 bits per heavy atom. The number of aromatic nitrogens is 1. The van der Waals surface area contributed by atoms with Gasteiger partial charge in [0.2, 0.25) is 10.0 Å². The van der Waals surface area contributed by atoms with Gasteiger partial charge in [-0.2, -0.15) is 0 Å². The quantitative estimate of drug-likeness (QED) is 0.870. The third kappa shape index (κ3) is 2.52. The first-order valence-electron chi connectivity index (χ1n) is 5.27. The predicted octanol–water partition coefficient (Wildman–Crippen LogP) is 1.30. The Kier molecular flexibility index (Phi) is 3.35. The lowest BCUT2D eigenvalue weighted by Gasteiger charge is -2.12. The minimum atomic E-state index is -3.71. The SMILES string of the molecule is CC(NS(=O)(=O)c1cccnc1N)c1ccco1. The maximum Gasteiger partial charge on any atom is 0.244 e. The highest BCUT2D eigenvalue weighted by Crippen LogP contribution is 2.19. The van der Waals surface area contributed by atoms with E-state index in [9.17, 15) is 8.42 Å². The van der Waals surface area contributed by atoms with Crippen molar-refractivity contribution in [3.05, 3.63) is 42.5 Å². The normalized spacial score (nSPS) is 13.4. The van der Waals surface area contributed by atoms with Crippen molar-refractivity contribution in [2.75, 3.05) is 5.73 Å². The van der Waals surface area contributed by atoms with E-state index in [1.54, 1.807) is 19.1 Å². The molecule has 0 aliphatic heterocycles. The molecule has 3 N–H and O–H groups in total. The van der Waals surface area contributed by atoms with Crippen molar-refractivity contribution in [1.82, 2.24) is 9.71 Å². The van der Waals surface area contributed by atoms with Crippen molar-refractivity contribution in [3.63, 3.8) is 0 Å². The standard InChI is InChI=1S/C11H13N3O3S/c1-8(9-4-3-7-17-9)14-18(15,16)10-5-2-6-13-11(10)12/h2-8,14H,1H3,(H2,12,13). The van der Waals surface area contributed by atoms with Crippen LogP contribution in [0.15, 0.2) is 46.0 Å². The Labute approximate surface area is 105 Å². The summed E-state index contributed by atoms with van der Waals surface area (Å²) in [5.41, 5.74) is 5.55. The summed E-state index contributed by atoms with van der Waals surface area (Å²) in [7, 11) is -3.71. The van der Waals surface area contributed by atoms with Crippen molar-refractivity contribution in [3.8, 4) is 0 Å². The predicted molar refractivity (Wildman–Crippen MR) is 66.1 cm³/mol. The van der Waals surface area contributed by atoms with Gasteiger partial charge in [-0.25, -0.2) is 18.1 Å². The van der Waals surface area contributed by atoms with Gasteiger partial charge < -0.3 is 10.2 Å². The van der Waals surface area contributed by atoms with Crippen molar-refractivity contribution < 1.29 is 12.8 Å². The summed E-state index contributed by atoms with van der Waals surface area (Å²) in [5, 5.41) is 0. The van der Waals surface area contributed by atoms with Crippen LogP contribution in [0.25, 0.3) is 0 Å². The molecule has 0 aliphatic rings. The zero-order chi connectivity index (χ0) is 13.2. The molecule has 6 nitrogen and oxygen atoms in total. The summed E-state index contributed by atoms with van der Waals surface area (Å²) >= 11 is 0. The van der Waals surface area contributed by atoms with Gasteiger partial charge >= 0.3 is 0 Å². The van der Waals surface area contributed by atoms with Crippen LogP contribution in [0.2, 0.25) is 0 Å². The Morgan fingerprint density at radius 1 is 1.39 bits per heavy atom. The number of pyridine rings is 1. The number of sulfonamides is 1. The summed E-state index contributed by atoms with van der Waals surface area (Å²) in [6.45, 7) is 1.68. The molecule has 0 aliphatic carbocycles. The molecule has 7 heteroatoms. The van der Waals surface area contributed by atoms with Crippen molar-refractivity contribution in [2.24, 2.45) is 0 Å². The topological polar surface area (TPSA) is 98.2 Å². The summed E-state index contributed by atoms with van der Waals surface area (Å²) < 4.78 is 31.8. The Hall–Kier alpha value is -1.86. The summed E-state index contributed by atoms with van der Waals surface area (Å²) in [6, 6.07) is 5.82. The molecule has 2 heterocycles. The number of hydrogen-bond donors (Lipinski definition) is 2. The Balaban J connectivity index is 2.26. The molecule has 2 rings (SSSR count). The minimum Gasteiger partial charge on any atom is -0.468 e. The van der Waals surface area contributed by atoms with Gasteiger partial charge in [-0.3, -0.25) is 0 Å². The second-order valence-corrected chi connectivity index (χ2v) is 5.43. The molecular formula is C11H13N3O3S. The van der Waals surface area contributed by atoms with Gasteiger partial charge in [0, 0.05) is 6.20 Å². The van der Waals surface area contributed by atoms with Crippen LogP contribution in [0.4, 0.5) is 5.82 Å². The fourth-order valence-corrected chi connectivity index (χ4v) is 2.82. The van der Waals surface area contributed by atoms with Crippen LogP contribution in [0, 0.1) is 0 Å². The smallest absolute Gasteiger partial charge is 0.244 e. The molecule has 0 aromatic carbocycles. The summed E-state index contributed by atoms with van der Waals surface area (Å²) in [4.78, 5) is 3.71.